The van der Waals surface area contributed by atoms with E-state index < -0.39 is 0 Å². The van der Waals surface area contributed by atoms with Crippen LogP contribution in [0.4, 0.5) is 0 Å². The van der Waals surface area contributed by atoms with E-state index in [-0.39, 0.29) is 11.6 Å². The first kappa shape index (κ1) is 19.4. The highest BCUT2D eigenvalue weighted by Gasteiger charge is 2.05. The molecule has 0 bridgehead atoms. The summed E-state index contributed by atoms with van der Waals surface area (Å²) < 4.78 is 0. The second-order valence-electron chi connectivity index (χ2n) is 5.31. The van der Waals surface area contributed by atoms with Gasteiger partial charge in [0.2, 0.25) is 0 Å². The van der Waals surface area contributed by atoms with E-state index in [1.165, 1.54) is 20.3 Å². The SMILES string of the molecule is CC(=O)CC(C)C.CC(C)=O.O=C1CCCCC1. The van der Waals surface area contributed by atoms with E-state index in [2.05, 4.69) is 0 Å². The Morgan fingerprint density at radius 1 is 1.00 bits per heavy atom. The van der Waals surface area contributed by atoms with Crippen LogP contribution in [0.15, 0.2) is 0 Å². The number of hydrogen-bond donors (Lipinski definition) is 0. The lowest BCUT2D eigenvalue weighted by atomic mass is 10.00. The van der Waals surface area contributed by atoms with Crippen molar-refractivity contribution >= 4 is 17.3 Å². The standard InChI is InChI=1S/C6H10O.C6H12O.C3H6O/c7-6-4-2-1-3-5-6;1-5(2)4-6(3)7;1-3(2)4/h1-5H2;5H,4H2,1-3H3;1-2H3. The minimum Gasteiger partial charge on any atom is -0.300 e. The van der Waals surface area contributed by atoms with Gasteiger partial charge in [-0.15, -0.1) is 0 Å². The molecule has 0 amide bonds. The molecule has 3 heteroatoms. The summed E-state index contributed by atoms with van der Waals surface area (Å²) in [5, 5.41) is 0. The predicted molar refractivity (Wildman–Crippen MR) is 74.6 cm³/mol. The van der Waals surface area contributed by atoms with Crippen molar-refractivity contribution in [3.8, 4) is 0 Å². The van der Waals surface area contributed by atoms with Crippen molar-refractivity contribution < 1.29 is 14.4 Å². The highest BCUT2D eigenvalue weighted by Crippen LogP contribution is 2.12. The number of ketones is 3. The fourth-order valence-corrected chi connectivity index (χ4v) is 1.52. The molecule has 1 aliphatic carbocycles. The monoisotopic (exact) mass is 256 g/mol. The third-order valence-electron chi connectivity index (χ3n) is 2.11. The van der Waals surface area contributed by atoms with Crippen molar-refractivity contribution in [2.75, 3.05) is 0 Å². The van der Waals surface area contributed by atoms with E-state index in [0.29, 0.717) is 11.7 Å². The Labute approximate surface area is 111 Å². The van der Waals surface area contributed by atoms with Gasteiger partial charge in [0.25, 0.3) is 0 Å². The van der Waals surface area contributed by atoms with Gasteiger partial charge in [-0.2, -0.15) is 0 Å². The van der Waals surface area contributed by atoms with Gasteiger partial charge in [0.1, 0.15) is 17.3 Å². The van der Waals surface area contributed by atoms with Crippen LogP contribution in [0.3, 0.4) is 0 Å². The van der Waals surface area contributed by atoms with Gasteiger partial charge in [-0.25, -0.2) is 0 Å². The first-order valence-corrected chi connectivity index (χ1v) is 6.74. The fourth-order valence-electron chi connectivity index (χ4n) is 1.52. The Morgan fingerprint density at radius 3 is 1.50 bits per heavy atom. The molecule has 0 radical (unpaired) electrons. The lowest BCUT2D eigenvalue weighted by Crippen LogP contribution is -2.02. The van der Waals surface area contributed by atoms with Crippen LogP contribution in [0, 0.1) is 5.92 Å². The second-order valence-corrected chi connectivity index (χ2v) is 5.31. The molecular weight excluding hydrogens is 228 g/mol. The van der Waals surface area contributed by atoms with Crippen LogP contribution in [0.5, 0.6) is 0 Å². The minimum atomic E-state index is 0.167. The molecule has 18 heavy (non-hydrogen) atoms. The summed E-state index contributed by atoms with van der Waals surface area (Å²) in [7, 11) is 0. The molecule has 0 aromatic heterocycles. The summed E-state index contributed by atoms with van der Waals surface area (Å²) in [6, 6.07) is 0. The summed E-state index contributed by atoms with van der Waals surface area (Å²) in [5.41, 5.74) is 0. The molecule has 0 aromatic rings. The number of carbonyl (C=O) groups excluding carboxylic acids is 3. The number of rotatable bonds is 2. The summed E-state index contributed by atoms with van der Waals surface area (Å²) in [5.74, 6) is 1.44. The van der Waals surface area contributed by atoms with Gasteiger partial charge in [-0.1, -0.05) is 20.3 Å². The first-order chi connectivity index (χ1) is 8.25. The second kappa shape index (κ2) is 12.5. The molecule has 1 rings (SSSR count). The Balaban J connectivity index is 0. The predicted octanol–water partition coefficient (Wildman–Crippen LogP) is 3.74. The van der Waals surface area contributed by atoms with Crippen molar-refractivity contribution in [2.24, 2.45) is 5.92 Å². The van der Waals surface area contributed by atoms with Crippen LogP contribution in [0.1, 0.15) is 73.1 Å². The third-order valence-corrected chi connectivity index (χ3v) is 2.11. The average Bonchev–Trinajstić information content (AvgIpc) is 2.16. The molecule has 0 atom stereocenters. The van der Waals surface area contributed by atoms with Crippen LogP contribution in [-0.2, 0) is 14.4 Å². The molecule has 1 aliphatic rings. The molecular formula is C15H28O3. The van der Waals surface area contributed by atoms with E-state index in [9.17, 15) is 14.4 Å². The smallest absolute Gasteiger partial charge is 0.132 e. The Hall–Kier alpha value is -0.990. The highest BCUT2D eigenvalue weighted by atomic mass is 16.1. The quantitative estimate of drug-likeness (QED) is 0.756. The first-order valence-electron chi connectivity index (χ1n) is 6.74. The van der Waals surface area contributed by atoms with Gasteiger partial charge in [-0.05, 0) is 39.5 Å². The van der Waals surface area contributed by atoms with Gasteiger partial charge in [0, 0.05) is 19.3 Å². The molecule has 0 unspecified atom stereocenters. The summed E-state index contributed by atoms with van der Waals surface area (Å²) >= 11 is 0. The Bertz CT molecular complexity index is 242. The highest BCUT2D eigenvalue weighted by molar-refractivity contribution is 5.78. The largest absolute Gasteiger partial charge is 0.300 e. The zero-order valence-corrected chi connectivity index (χ0v) is 12.5. The van der Waals surface area contributed by atoms with Gasteiger partial charge < -0.3 is 9.59 Å². The molecule has 3 nitrogen and oxygen atoms in total. The average molecular weight is 256 g/mol. The maximum atomic E-state index is 10.5. The maximum absolute atomic E-state index is 10.5. The maximum Gasteiger partial charge on any atom is 0.132 e. The van der Waals surface area contributed by atoms with Crippen LogP contribution >= 0.6 is 0 Å². The van der Waals surface area contributed by atoms with Gasteiger partial charge in [0.05, 0.1) is 0 Å². The van der Waals surface area contributed by atoms with Gasteiger partial charge >= 0.3 is 0 Å². The van der Waals surface area contributed by atoms with Crippen molar-refractivity contribution in [3.63, 3.8) is 0 Å². The molecule has 106 valence electrons. The zero-order valence-electron chi connectivity index (χ0n) is 12.5. The number of carbonyl (C=O) groups is 3. The Morgan fingerprint density at radius 2 is 1.39 bits per heavy atom. The zero-order chi connectivity index (χ0) is 14.6. The van der Waals surface area contributed by atoms with Crippen molar-refractivity contribution in [2.45, 2.75) is 73.1 Å². The third kappa shape index (κ3) is 24.3. The van der Waals surface area contributed by atoms with Crippen LogP contribution in [0.25, 0.3) is 0 Å². The number of Topliss-reactive ketones (excluding diaryl/α,β-unsaturated/α-hetero) is 3. The van der Waals surface area contributed by atoms with E-state index >= 15 is 0 Å². The van der Waals surface area contributed by atoms with Gasteiger partial charge in [0.15, 0.2) is 0 Å². The van der Waals surface area contributed by atoms with Crippen LogP contribution < -0.4 is 0 Å². The van der Waals surface area contributed by atoms with E-state index in [1.807, 2.05) is 13.8 Å². The Kier molecular flexibility index (Phi) is 13.4. The van der Waals surface area contributed by atoms with Gasteiger partial charge in [-0.3, -0.25) is 4.79 Å². The lowest BCUT2D eigenvalue weighted by Gasteiger charge is -2.05. The molecule has 0 aromatic carbocycles. The molecule has 0 aliphatic heterocycles. The number of hydrogen-bond acceptors (Lipinski definition) is 3. The molecule has 0 N–H and O–H groups in total. The van der Waals surface area contributed by atoms with E-state index in [0.717, 1.165) is 32.1 Å². The lowest BCUT2D eigenvalue weighted by molar-refractivity contribution is -0.120. The van der Waals surface area contributed by atoms with Crippen LogP contribution in [-0.4, -0.2) is 17.3 Å². The molecule has 1 saturated carbocycles. The fraction of sp³-hybridized carbons (Fsp3) is 0.800. The van der Waals surface area contributed by atoms with E-state index in [4.69, 9.17) is 0 Å². The molecule has 1 fully saturated rings. The minimum absolute atomic E-state index is 0.167. The topological polar surface area (TPSA) is 51.2 Å². The summed E-state index contributed by atoms with van der Waals surface area (Å²) in [6.45, 7) is 8.77. The van der Waals surface area contributed by atoms with Crippen LogP contribution in [0.2, 0.25) is 0 Å². The molecule has 0 saturated heterocycles. The van der Waals surface area contributed by atoms with Crippen molar-refractivity contribution in [1.29, 1.82) is 0 Å². The van der Waals surface area contributed by atoms with Crippen molar-refractivity contribution in [3.05, 3.63) is 0 Å². The molecule has 0 spiro atoms. The van der Waals surface area contributed by atoms with E-state index in [1.54, 1.807) is 6.92 Å². The summed E-state index contributed by atoms with van der Waals surface area (Å²) in [6.07, 6.45) is 5.96. The van der Waals surface area contributed by atoms with Crippen molar-refractivity contribution in [1.82, 2.24) is 0 Å². The summed E-state index contributed by atoms with van der Waals surface area (Å²) in [4.78, 5) is 30.2. The normalized spacial score (nSPS) is 14.0. The molecule has 0 heterocycles.